The largest absolute Gasteiger partial charge is 0.493 e. The maximum Gasteiger partial charge on any atom is 0.250 e. The van der Waals surface area contributed by atoms with E-state index in [0.717, 1.165) is 12.0 Å². The molecule has 0 unspecified atom stereocenters. The van der Waals surface area contributed by atoms with E-state index in [4.69, 9.17) is 9.47 Å². The van der Waals surface area contributed by atoms with Gasteiger partial charge in [0.05, 0.1) is 20.0 Å². The molecular formula is C17H23N3O4S. The highest BCUT2D eigenvalue weighted by molar-refractivity contribution is 8.14. The van der Waals surface area contributed by atoms with Gasteiger partial charge in [-0.1, -0.05) is 24.8 Å². The molecular weight excluding hydrogens is 342 g/mol. The number of amidine groups is 1. The number of aliphatic imine (C=N–C) groups is 1. The van der Waals surface area contributed by atoms with Gasteiger partial charge in [0.15, 0.2) is 16.7 Å². The number of methoxy groups -OCH3 is 2. The van der Waals surface area contributed by atoms with Crippen molar-refractivity contribution in [1.82, 2.24) is 10.2 Å². The smallest absolute Gasteiger partial charge is 0.250 e. The lowest BCUT2D eigenvalue weighted by atomic mass is 10.2. The van der Waals surface area contributed by atoms with Crippen LogP contribution in [0.2, 0.25) is 0 Å². The van der Waals surface area contributed by atoms with E-state index in [1.54, 1.807) is 25.2 Å². The summed E-state index contributed by atoms with van der Waals surface area (Å²) in [5.74, 6) is 1.37. The van der Waals surface area contributed by atoms with Crippen LogP contribution in [-0.4, -0.2) is 54.9 Å². The van der Waals surface area contributed by atoms with Crippen molar-refractivity contribution in [2.24, 2.45) is 4.99 Å². The number of benzene rings is 1. The van der Waals surface area contributed by atoms with E-state index in [9.17, 15) is 9.59 Å². The molecule has 0 bridgehead atoms. The van der Waals surface area contributed by atoms with E-state index in [2.05, 4.69) is 10.3 Å². The third-order valence-electron chi connectivity index (χ3n) is 3.60. The summed E-state index contributed by atoms with van der Waals surface area (Å²) in [4.78, 5) is 29.6. The van der Waals surface area contributed by atoms with E-state index in [1.165, 1.54) is 11.8 Å². The Bertz CT molecular complexity index is 663. The molecule has 8 heteroatoms. The first kappa shape index (κ1) is 19.1. The molecule has 0 fully saturated rings. The van der Waals surface area contributed by atoms with E-state index in [0.29, 0.717) is 29.8 Å². The van der Waals surface area contributed by atoms with Crippen LogP contribution in [0, 0.1) is 0 Å². The Labute approximate surface area is 151 Å². The molecule has 0 saturated carbocycles. The number of rotatable bonds is 8. The molecule has 1 aliphatic heterocycles. The molecule has 1 heterocycles. The zero-order valence-corrected chi connectivity index (χ0v) is 15.5. The van der Waals surface area contributed by atoms with Crippen molar-refractivity contribution in [1.29, 1.82) is 0 Å². The summed E-state index contributed by atoms with van der Waals surface area (Å²) >= 11 is 1.29. The van der Waals surface area contributed by atoms with Gasteiger partial charge >= 0.3 is 0 Å². The molecule has 0 radical (unpaired) electrons. The summed E-state index contributed by atoms with van der Waals surface area (Å²) in [6.07, 6.45) is 0.858. The predicted molar refractivity (Wildman–Crippen MR) is 98.2 cm³/mol. The van der Waals surface area contributed by atoms with Crippen LogP contribution in [0.5, 0.6) is 11.5 Å². The fourth-order valence-electron chi connectivity index (χ4n) is 2.35. The Morgan fingerprint density at radius 2 is 2.08 bits per heavy atom. The minimum absolute atomic E-state index is 0.00455. The van der Waals surface area contributed by atoms with Gasteiger partial charge in [-0.05, 0) is 24.1 Å². The third kappa shape index (κ3) is 5.12. The number of amides is 2. The van der Waals surface area contributed by atoms with Gasteiger partial charge in [-0.15, -0.1) is 0 Å². The molecule has 136 valence electrons. The molecule has 7 nitrogen and oxygen atoms in total. The number of ether oxygens (including phenoxy) is 2. The average Bonchev–Trinajstić information content (AvgIpc) is 2.98. The van der Waals surface area contributed by atoms with Gasteiger partial charge < -0.3 is 14.8 Å². The molecule has 2 rings (SSSR count). The van der Waals surface area contributed by atoms with Gasteiger partial charge in [0, 0.05) is 13.1 Å². The van der Waals surface area contributed by atoms with Crippen molar-refractivity contribution in [3.63, 3.8) is 0 Å². The van der Waals surface area contributed by atoms with Crippen molar-refractivity contribution in [2.45, 2.75) is 19.9 Å². The highest BCUT2D eigenvalue weighted by atomic mass is 32.2. The molecule has 0 atom stereocenters. The second-order valence-electron chi connectivity index (χ2n) is 5.40. The highest BCUT2D eigenvalue weighted by Crippen LogP contribution is 2.27. The zero-order valence-electron chi connectivity index (χ0n) is 14.7. The number of nitrogens with zero attached hydrogens (tertiary/aromatic N) is 2. The molecule has 2 amide bonds. The van der Waals surface area contributed by atoms with Crippen LogP contribution in [0.15, 0.2) is 23.2 Å². The minimum atomic E-state index is -0.113. The van der Waals surface area contributed by atoms with E-state index < -0.39 is 0 Å². The Kier molecular flexibility index (Phi) is 7.12. The SMILES string of the molecule is CCCN1C(=O)CN=C1SCC(=O)NCc1ccc(OC)c(OC)c1. The molecule has 0 saturated heterocycles. The van der Waals surface area contributed by atoms with Crippen LogP contribution in [0.4, 0.5) is 0 Å². The van der Waals surface area contributed by atoms with Crippen LogP contribution in [0.25, 0.3) is 0 Å². The Morgan fingerprint density at radius 3 is 2.76 bits per heavy atom. The summed E-state index contributed by atoms with van der Waals surface area (Å²) in [6.45, 7) is 3.21. The van der Waals surface area contributed by atoms with Crippen LogP contribution in [-0.2, 0) is 16.1 Å². The van der Waals surface area contributed by atoms with Crippen LogP contribution < -0.4 is 14.8 Å². The van der Waals surface area contributed by atoms with Gasteiger partial charge in [0.1, 0.15) is 6.54 Å². The van der Waals surface area contributed by atoms with Crippen molar-refractivity contribution in [2.75, 3.05) is 33.1 Å². The first-order valence-electron chi connectivity index (χ1n) is 8.04. The monoisotopic (exact) mass is 365 g/mol. The fourth-order valence-corrected chi connectivity index (χ4v) is 3.22. The lowest BCUT2D eigenvalue weighted by molar-refractivity contribution is -0.124. The maximum atomic E-state index is 12.1. The number of thioether (sulfide) groups is 1. The molecule has 1 aliphatic rings. The van der Waals surface area contributed by atoms with E-state index in [-0.39, 0.29) is 24.1 Å². The Hall–Kier alpha value is -2.22. The Morgan fingerprint density at radius 1 is 1.32 bits per heavy atom. The first-order valence-corrected chi connectivity index (χ1v) is 9.02. The molecule has 0 aromatic heterocycles. The Balaban J connectivity index is 1.82. The quantitative estimate of drug-likeness (QED) is 0.758. The molecule has 0 spiro atoms. The topological polar surface area (TPSA) is 80.2 Å². The molecule has 1 aromatic rings. The second kappa shape index (κ2) is 9.31. The number of nitrogens with one attached hydrogen (secondary N) is 1. The lowest BCUT2D eigenvalue weighted by Crippen LogP contribution is -2.33. The summed E-state index contributed by atoms with van der Waals surface area (Å²) in [5, 5.41) is 3.49. The maximum absolute atomic E-state index is 12.1. The molecule has 1 N–H and O–H groups in total. The number of carbonyl (C=O) groups is 2. The van der Waals surface area contributed by atoms with Gasteiger partial charge in [0.2, 0.25) is 11.8 Å². The minimum Gasteiger partial charge on any atom is -0.493 e. The van der Waals surface area contributed by atoms with Crippen LogP contribution >= 0.6 is 11.8 Å². The van der Waals surface area contributed by atoms with Gasteiger partial charge in [-0.25, -0.2) is 0 Å². The fraction of sp³-hybridized carbons (Fsp3) is 0.471. The van der Waals surface area contributed by atoms with E-state index in [1.807, 2.05) is 19.1 Å². The lowest BCUT2D eigenvalue weighted by Gasteiger charge is -2.16. The third-order valence-corrected chi connectivity index (χ3v) is 4.61. The summed E-state index contributed by atoms with van der Waals surface area (Å²) in [7, 11) is 3.15. The van der Waals surface area contributed by atoms with Crippen LogP contribution in [0.1, 0.15) is 18.9 Å². The second-order valence-corrected chi connectivity index (χ2v) is 6.34. The van der Waals surface area contributed by atoms with Crippen molar-refractivity contribution in [3.05, 3.63) is 23.8 Å². The zero-order chi connectivity index (χ0) is 18.2. The molecule has 1 aromatic carbocycles. The highest BCUT2D eigenvalue weighted by Gasteiger charge is 2.25. The van der Waals surface area contributed by atoms with Crippen molar-refractivity contribution >= 4 is 28.7 Å². The number of hydrogen-bond donors (Lipinski definition) is 1. The van der Waals surface area contributed by atoms with Gasteiger partial charge in [-0.2, -0.15) is 0 Å². The van der Waals surface area contributed by atoms with Gasteiger partial charge in [-0.3, -0.25) is 19.5 Å². The van der Waals surface area contributed by atoms with Crippen LogP contribution in [0.3, 0.4) is 0 Å². The summed E-state index contributed by atoms with van der Waals surface area (Å²) < 4.78 is 10.4. The van der Waals surface area contributed by atoms with Crippen molar-refractivity contribution < 1.29 is 19.1 Å². The summed E-state index contributed by atoms with van der Waals surface area (Å²) in [5.41, 5.74) is 0.914. The predicted octanol–water partition coefficient (Wildman–Crippen LogP) is 1.66. The van der Waals surface area contributed by atoms with Crippen molar-refractivity contribution in [3.8, 4) is 11.5 Å². The van der Waals surface area contributed by atoms with E-state index >= 15 is 0 Å². The standard InChI is InChI=1S/C17H23N3O4S/c1-4-7-20-16(22)10-19-17(20)25-11-15(21)18-9-12-5-6-13(23-2)14(8-12)24-3/h5-6,8H,4,7,9-11H2,1-3H3,(H,18,21). The number of hydrogen-bond acceptors (Lipinski definition) is 6. The molecule has 25 heavy (non-hydrogen) atoms. The van der Waals surface area contributed by atoms with Gasteiger partial charge in [0.25, 0.3) is 0 Å². The average molecular weight is 365 g/mol. The summed E-state index contributed by atoms with van der Waals surface area (Å²) in [6, 6.07) is 5.50. The molecule has 0 aliphatic carbocycles. The number of carbonyl (C=O) groups excluding carboxylic acids is 2. The normalized spacial score (nSPS) is 13.6. The first-order chi connectivity index (χ1) is 12.1.